The van der Waals surface area contributed by atoms with Gasteiger partial charge in [-0.25, -0.2) is 9.59 Å². The maximum Gasteiger partial charge on any atom is 0.323 e. The lowest BCUT2D eigenvalue weighted by atomic mass is 10.0. The summed E-state index contributed by atoms with van der Waals surface area (Å²) >= 11 is 0. The molecule has 0 fully saturated rings. The lowest BCUT2D eigenvalue weighted by molar-refractivity contribution is 0.0174. The number of anilines is 3. The molecule has 3 N–H and O–H groups in total. The Morgan fingerprint density at radius 1 is 1.00 bits per heavy atom. The first-order valence-electron chi connectivity index (χ1n) is 13.8. The molecule has 0 spiro atoms. The zero-order valence-corrected chi connectivity index (χ0v) is 24.8. The van der Waals surface area contributed by atoms with Crippen molar-refractivity contribution < 1.29 is 28.4 Å². The molecular formula is C30H38N6O6. The maximum atomic E-state index is 13.6. The molecule has 0 saturated carbocycles. The number of methoxy groups -OCH3 is 1. The molecule has 2 heterocycles. The van der Waals surface area contributed by atoms with Gasteiger partial charge in [-0.3, -0.25) is 4.79 Å². The van der Waals surface area contributed by atoms with E-state index in [1.807, 2.05) is 32.0 Å². The van der Waals surface area contributed by atoms with E-state index < -0.39 is 12.1 Å². The molecule has 0 bridgehead atoms. The van der Waals surface area contributed by atoms with Gasteiger partial charge in [-0.1, -0.05) is 30.3 Å². The highest BCUT2D eigenvalue weighted by Crippen LogP contribution is 2.27. The van der Waals surface area contributed by atoms with Crippen LogP contribution in [0.1, 0.15) is 35.7 Å². The molecule has 1 aliphatic rings. The summed E-state index contributed by atoms with van der Waals surface area (Å²) in [5, 5.41) is 12.4. The Labute approximate surface area is 245 Å². The lowest BCUT2D eigenvalue weighted by Gasteiger charge is -2.36. The van der Waals surface area contributed by atoms with Crippen LogP contribution in [-0.2, 0) is 4.74 Å². The number of ether oxygens (including phenoxy) is 2. The average molecular weight is 579 g/mol. The van der Waals surface area contributed by atoms with Crippen molar-refractivity contribution in [3.63, 3.8) is 0 Å². The molecule has 3 atom stereocenters. The highest BCUT2D eigenvalue weighted by Gasteiger charge is 2.31. The topological polar surface area (TPSA) is 138 Å². The van der Waals surface area contributed by atoms with Gasteiger partial charge in [0.15, 0.2) is 5.76 Å². The van der Waals surface area contributed by atoms with Crippen LogP contribution in [0, 0.1) is 19.8 Å². The Morgan fingerprint density at radius 2 is 1.71 bits per heavy atom. The van der Waals surface area contributed by atoms with Crippen molar-refractivity contribution in [3.05, 3.63) is 65.5 Å². The van der Waals surface area contributed by atoms with Gasteiger partial charge < -0.3 is 39.7 Å². The summed E-state index contributed by atoms with van der Waals surface area (Å²) in [5.74, 6) is 0.426. The number of carbonyl (C=O) groups excluding carboxylic acids is 3. The van der Waals surface area contributed by atoms with Crippen molar-refractivity contribution in [2.24, 2.45) is 5.92 Å². The Balaban J connectivity index is 1.61. The molecule has 1 aliphatic heterocycles. The van der Waals surface area contributed by atoms with Gasteiger partial charge in [0.25, 0.3) is 5.91 Å². The van der Waals surface area contributed by atoms with Gasteiger partial charge >= 0.3 is 12.1 Å². The van der Waals surface area contributed by atoms with Gasteiger partial charge in [-0.15, -0.1) is 0 Å². The number of urea groups is 2. The van der Waals surface area contributed by atoms with E-state index in [0.717, 1.165) is 0 Å². The second-order valence-electron chi connectivity index (χ2n) is 10.5. The predicted octanol–water partition coefficient (Wildman–Crippen LogP) is 4.97. The number of likely N-dealkylation sites (N-methyl/N-ethyl adjacent to an activating group) is 1. The number of fused-ring (bicyclic) bond motifs is 1. The molecule has 0 radical (unpaired) electrons. The highest BCUT2D eigenvalue weighted by atomic mass is 16.5. The van der Waals surface area contributed by atoms with Crippen molar-refractivity contribution in [2.45, 2.75) is 39.8 Å². The zero-order chi connectivity index (χ0) is 30.4. The first-order chi connectivity index (χ1) is 20.1. The molecule has 4 rings (SSSR count). The van der Waals surface area contributed by atoms with Crippen molar-refractivity contribution in [1.82, 2.24) is 15.0 Å². The van der Waals surface area contributed by atoms with Crippen LogP contribution in [0.15, 0.2) is 53.1 Å². The van der Waals surface area contributed by atoms with E-state index in [9.17, 15) is 14.4 Å². The van der Waals surface area contributed by atoms with Crippen molar-refractivity contribution in [2.75, 3.05) is 49.8 Å². The number of nitrogens with zero attached hydrogens (tertiary/aromatic N) is 3. The number of rotatable bonds is 4. The monoisotopic (exact) mass is 578 g/mol. The Hall–Kier alpha value is -4.58. The minimum atomic E-state index is -0.440. The Kier molecular flexibility index (Phi) is 9.68. The van der Waals surface area contributed by atoms with Crippen molar-refractivity contribution in [1.29, 1.82) is 0 Å². The summed E-state index contributed by atoms with van der Waals surface area (Å²) in [6.07, 6.45) is -0.341. The number of nitrogens with one attached hydrogen (secondary N) is 3. The number of hydrogen-bond donors (Lipinski definition) is 3. The smallest absolute Gasteiger partial charge is 0.323 e. The SMILES string of the molecule is CO[C@@H]1CN(C)C(=O)c2ccc(NC(=O)Nc3ccccc3)cc2OC[C@H](C)N(C(=O)Nc2c(C)noc2C)C[C@H]1C. The number of para-hydroxylation sites is 1. The second-order valence-corrected chi connectivity index (χ2v) is 10.5. The van der Waals surface area contributed by atoms with Crippen LogP contribution in [0.3, 0.4) is 0 Å². The van der Waals surface area contributed by atoms with Gasteiger partial charge in [0.2, 0.25) is 0 Å². The van der Waals surface area contributed by atoms with Gasteiger partial charge in [0, 0.05) is 50.6 Å². The van der Waals surface area contributed by atoms with E-state index in [2.05, 4.69) is 21.1 Å². The molecule has 12 heteroatoms. The minimum Gasteiger partial charge on any atom is -0.491 e. The molecule has 0 saturated heterocycles. The van der Waals surface area contributed by atoms with Crippen LogP contribution in [0.2, 0.25) is 0 Å². The van der Waals surface area contributed by atoms with Gasteiger partial charge in [0.05, 0.1) is 17.7 Å². The quantitative estimate of drug-likeness (QED) is 0.397. The van der Waals surface area contributed by atoms with E-state index in [1.54, 1.807) is 68.1 Å². The predicted molar refractivity (Wildman–Crippen MR) is 159 cm³/mol. The molecule has 224 valence electrons. The standard InChI is InChI=1S/C30H38N6O6/c1-18-15-36(30(39)33-27-20(3)34-42-21(27)4)19(2)17-41-25-14-23(32-29(38)31-22-10-8-7-9-11-22)12-13-24(25)28(37)35(5)16-26(18)40-6/h7-14,18-19,26H,15-17H2,1-6H3,(H,33,39)(H2,31,32,38)/t18-,19+,26-/m1/s1. The van der Waals surface area contributed by atoms with Crippen molar-refractivity contribution in [3.8, 4) is 5.75 Å². The van der Waals surface area contributed by atoms with Gasteiger partial charge in [-0.2, -0.15) is 0 Å². The third-order valence-electron chi connectivity index (χ3n) is 7.26. The van der Waals surface area contributed by atoms with Gasteiger partial charge in [-0.05, 0) is 45.0 Å². The summed E-state index contributed by atoms with van der Waals surface area (Å²) in [6.45, 7) is 8.07. The van der Waals surface area contributed by atoms with E-state index in [4.69, 9.17) is 14.0 Å². The van der Waals surface area contributed by atoms with Crippen LogP contribution in [0.4, 0.5) is 26.7 Å². The first kappa shape index (κ1) is 30.4. The molecule has 0 aliphatic carbocycles. The Bertz CT molecular complexity index is 1390. The third-order valence-corrected chi connectivity index (χ3v) is 7.26. The molecule has 42 heavy (non-hydrogen) atoms. The summed E-state index contributed by atoms with van der Waals surface area (Å²) in [4.78, 5) is 42.9. The molecule has 5 amide bonds. The number of aryl methyl sites for hydroxylation is 2. The summed E-state index contributed by atoms with van der Waals surface area (Å²) in [5.41, 5.74) is 2.50. The van der Waals surface area contributed by atoms with Crippen LogP contribution in [-0.4, -0.2) is 78.9 Å². The van der Waals surface area contributed by atoms with E-state index >= 15 is 0 Å². The Morgan fingerprint density at radius 3 is 2.38 bits per heavy atom. The molecule has 0 unspecified atom stereocenters. The molecule has 2 aromatic carbocycles. The fourth-order valence-electron chi connectivity index (χ4n) is 4.79. The fraction of sp³-hybridized carbons (Fsp3) is 0.400. The van der Waals surface area contributed by atoms with Crippen LogP contribution >= 0.6 is 0 Å². The number of amides is 5. The minimum absolute atomic E-state index is 0.0864. The van der Waals surface area contributed by atoms with Gasteiger partial charge in [0.1, 0.15) is 23.7 Å². The summed E-state index contributed by atoms with van der Waals surface area (Å²) < 4.78 is 17.2. The highest BCUT2D eigenvalue weighted by molar-refractivity contribution is 6.01. The van der Waals surface area contributed by atoms with Crippen LogP contribution < -0.4 is 20.7 Å². The summed E-state index contributed by atoms with van der Waals surface area (Å²) in [6, 6.07) is 12.8. The fourth-order valence-corrected chi connectivity index (χ4v) is 4.79. The molecule has 3 aromatic rings. The largest absolute Gasteiger partial charge is 0.491 e. The summed E-state index contributed by atoms with van der Waals surface area (Å²) in [7, 11) is 3.29. The lowest BCUT2D eigenvalue weighted by Crippen LogP contribution is -2.50. The van der Waals surface area contributed by atoms with E-state index in [0.29, 0.717) is 47.2 Å². The van der Waals surface area contributed by atoms with E-state index in [1.165, 1.54) is 0 Å². The normalized spacial score (nSPS) is 19.6. The molecule has 1 aromatic heterocycles. The molecular weight excluding hydrogens is 540 g/mol. The second kappa shape index (κ2) is 13.4. The van der Waals surface area contributed by atoms with E-state index in [-0.39, 0.29) is 36.3 Å². The number of hydrogen-bond acceptors (Lipinski definition) is 7. The number of aromatic nitrogens is 1. The number of carbonyl (C=O) groups is 3. The van der Waals surface area contributed by atoms with Crippen molar-refractivity contribution >= 4 is 35.0 Å². The maximum absolute atomic E-state index is 13.6. The molecule has 12 nitrogen and oxygen atoms in total. The first-order valence-corrected chi connectivity index (χ1v) is 13.8. The third kappa shape index (κ3) is 7.19. The average Bonchev–Trinajstić information content (AvgIpc) is 3.28. The number of benzene rings is 2. The van der Waals surface area contributed by atoms with Crippen LogP contribution in [0.5, 0.6) is 5.75 Å². The van der Waals surface area contributed by atoms with Crippen LogP contribution in [0.25, 0.3) is 0 Å². The zero-order valence-electron chi connectivity index (χ0n) is 24.8.